The van der Waals surface area contributed by atoms with Crippen molar-refractivity contribution in [2.45, 2.75) is 36.1 Å². The highest BCUT2D eigenvalue weighted by Crippen LogP contribution is 2.67. The molecular weight excluding hydrogens is 300 g/mol. The summed E-state index contributed by atoms with van der Waals surface area (Å²) in [5, 5.41) is 0. The summed E-state index contributed by atoms with van der Waals surface area (Å²) in [4.78, 5) is 9.03. The first-order valence-corrected chi connectivity index (χ1v) is 9.18. The number of thioether (sulfide) groups is 1. The number of fused-ring (bicyclic) bond motifs is 3. The maximum absolute atomic E-state index is 5.17. The number of likely N-dealkylation sites (N-methyl/N-ethyl adjacent to an activating group) is 1. The Bertz CT molecular complexity index is 766. The summed E-state index contributed by atoms with van der Waals surface area (Å²) in [5.74, 6) is 0. The fourth-order valence-corrected chi connectivity index (χ4v) is 6.09. The van der Waals surface area contributed by atoms with Crippen molar-refractivity contribution in [3.8, 4) is 0 Å². The largest absolute Gasteiger partial charge is 0.282 e. The van der Waals surface area contributed by atoms with Crippen LogP contribution in [0.1, 0.15) is 31.9 Å². The molecule has 0 saturated carbocycles. The van der Waals surface area contributed by atoms with Gasteiger partial charge in [-0.2, -0.15) is 0 Å². The molecule has 0 saturated heterocycles. The quantitative estimate of drug-likeness (QED) is 0.821. The van der Waals surface area contributed by atoms with Crippen LogP contribution in [0.4, 0.5) is 0 Å². The van der Waals surface area contributed by atoms with E-state index in [1.54, 1.807) is 0 Å². The Hall–Kier alpha value is -1.58. The molecule has 0 fully saturated rings. The van der Waals surface area contributed by atoms with Crippen molar-refractivity contribution in [2.75, 3.05) is 13.1 Å². The van der Waals surface area contributed by atoms with Crippen molar-refractivity contribution in [2.24, 2.45) is 4.99 Å². The number of benzene rings is 2. The second-order valence-electron chi connectivity index (χ2n) is 6.19. The lowest BCUT2D eigenvalue weighted by Crippen LogP contribution is -2.68. The molecule has 2 nitrogen and oxygen atoms in total. The lowest BCUT2D eigenvalue weighted by molar-refractivity contribution is 0.156. The molecule has 118 valence electrons. The van der Waals surface area contributed by atoms with Gasteiger partial charge >= 0.3 is 0 Å². The molecule has 0 aliphatic carbocycles. The van der Waals surface area contributed by atoms with Crippen LogP contribution in [-0.4, -0.2) is 28.6 Å². The molecule has 23 heavy (non-hydrogen) atoms. The van der Waals surface area contributed by atoms with E-state index in [-0.39, 0.29) is 10.4 Å². The summed E-state index contributed by atoms with van der Waals surface area (Å²) >= 11 is 1.99. The fraction of sp³-hybridized carbons (Fsp3) is 0.350. The van der Waals surface area contributed by atoms with Gasteiger partial charge in [0.25, 0.3) is 0 Å². The van der Waals surface area contributed by atoms with Crippen molar-refractivity contribution < 1.29 is 0 Å². The maximum Gasteiger partial charge on any atom is 0.145 e. The Morgan fingerprint density at radius 2 is 1.61 bits per heavy atom. The van der Waals surface area contributed by atoms with Crippen LogP contribution < -0.4 is 0 Å². The first-order valence-electron chi connectivity index (χ1n) is 8.36. The van der Waals surface area contributed by atoms with Crippen LogP contribution in [0.25, 0.3) is 0 Å². The van der Waals surface area contributed by atoms with Crippen molar-refractivity contribution in [1.29, 1.82) is 0 Å². The molecule has 0 spiro atoms. The van der Waals surface area contributed by atoms with Gasteiger partial charge in [-0.15, -0.1) is 0 Å². The highest BCUT2D eigenvalue weighted by Gasteiger charge is 2.69. The van der Waals surface area contributed by atoms with Gasteiger partial charge in [-0.1, -0.05) is 74.1 Å². The number of nitrogens with zero attached hydrogens (tertiary/aromatic N) is 2. The third-order valence-corrected chi connectivity index (χ3v) is 6.97. The third kappa shape index (κ3) is 1.67. The molecule has 0 radical (unpaired) electrons. The number of rotatable bonds is 4. The van der Waals surface area contributed by atoms with Crippen LogP contribution in [0.3, 0.4) is 0 Å². The maximum atomic E-state index is 5.17. The average Bonchev–Trinajstić information content (AvgIpc) is 2.83. The first kappa shape index (κ1) is 15.0. The monoisotopic (exact) mass is 322 g/mol. The number of hydrogen-bond donors (Lipinski definition) is 0. The SMILES string of the molecule is CCN(CC)C12Sc3ccccc3C1(c1ccccc1)N=C2C. The Labute approximate surface area is 142 Å². The zero-order valence-electron chi connectivity index (χ0n) is 13.9. The Kier molecular flexibility index (Phi) is 3.40. The van der Waals surface area contributed by atoms with Crippen molar-refractivity contribution in [1.82, 2.24) is 4.90 Å². The topological polar surface area (TPSA) is 15.6 Å². The van der Waals surface area contributed by atoms with Crippen LogP contribution in [0, 0.1) is 0 Å². The molecule has 0 N–H and O–H groups in total. The minimum absolute atomic E-state index is 0.0818. The van der Waals surface area contributed by atoms with Gasteiger partial charge in [0.1, 0.15) is 10.4 Å². The molecule has 2 aliphatic heterocycles. The van der Waals surface area contributed by atoms with E-state index in [1.807, 2.05) is 11.8 Å². The van der Waals surface area contributed by atoms with E-state index in [0.29, 0.717) is 0 Å². The molecule has 2 aliphatic rings. The van der Waals surface area contributed by atoms with E-state index in [2.05, 4.69) is 80.3 Å². The fourth-order valence-electron chi connectivity index (χ4n) is 4.30. The zero-order valence-corrected chi connectivity index (χ0v) is 14.7. The van der Waals surface area contributed by atoms with Gasteiger partial charge in [-0.05, 0) is 31.6 Å². The Morgan fingerprint density at radius 1 is 0.957 bits per heavy atom. The summed E-state index contributed by atoms with van der Waals surface area (Å²) in [6.07, 6.45) is 0. The van der Waals surface area contributed by atoms with Crippen molar-refractivity contribution >= 4 is 17.5 Å². The van der Waals surface area contributed by atoms with E-state index in [0.717, 1.165) is 13.1 Å². The summed E-state index contributed by atoms with van der Waals surface area (Å²) in [7, 11) is 0. The van der Waals surface area contributed by atoms with Crippen LogP contribution >= 0.6 is 11.8 Å². The van der Waals surface area contributed by atoms with Gasteiger partial charge in [0.05, 0.1) is 0 Å². The van der Waals surface area contributed by atoms with E-state index >= 15 is 0 Å². The molecule has 4 rings (SSSR count). The van der Waals surface area contributed by atoms with Gasteiger partial charge in [0, 0.05) is 16.2 Å². The molecular formula is C20H22N2S. The number of aliphatic imine (C=N–C) groups is 1. The normalized spacial score (nSPS) is 28.1. The predicted octanol–water partition coefficient (Wildman–Crippen LogP) is 4.55. The van der Waals surface area contributed by atoms with Crippen molar-refractivity contribution in [3.63, 3.8) is 0 Å². The Morgan fingerprint density at radius 3 is 2.26 bits per heavy atom. The zero-order chi connectivity index (χ0) is 16.1. The second kappa shape index (κ2) is 5.22. The van der Waals surface area contributed by atoms with Gasteiger partial charge in [-0.3, -0.25) is 9.89 Å². The van der Waals surface area contributed by atoms with Crippen LogP contribution in [0.15, 0.2) is 64.5 Å². The molecule has 2 aromatic carbocycles. The molecule has 3 heteroatoms. The lowest BCUT2D eigenvalue weighted by Gasteiger charge is -2.56. The van der Waals surface area contributed by atoms with Crippen LogP contribution in [0.5, 0.6) is 0 Å². The van der Waals surface area contributed by atoms with Crippen LogP contribution in [-0.2, 0) is 5.54 Å². The van der Waals surface area contributed by atoms with E-state index < -0.39 is 0 Å². The molecule has 0 aromatic heterocycles. The van der Waals surface area contributed by atoms with Gasteiger partial charge in [0.2, 0.25) is 0 Å². The summed E-state index contributed by atoms with van der Waals surface area (Å²) in [6.45, 7) is 8.75. The summed E-state index contributed by atoms with van der Waals surface area (Å²) in [6, 6.07) is 19.6. The van der Waals surface area contributed by atoms with E-state index in [9.17, 15) is 0 Å². The van der Waals surface area contributed by atoms with E-state index in [4.69, 9.17) is 4.99 Å². The van der Waals surface area contributed by atoms with Crippen LogP contribution in [0.2, 0.25) is 0 Å². The number of hydrogen-bond acceptors (Lipinski definition) is 3. The molecule has 0 bridgehead atoms. The smallest absolute Gasteiger partial charge is 0.145 e. The first-order chi connectivity index (χ1) is 11.2. The highest BCUT2D eigenvalue weighted by molar-refractivity contribution is 8.02. The standard InChI is InChI=1S/C20H22N2S/c1-4-22(5-2)20-15(3)21-19(20,16-11-7-6-8-12-16)17-13-9-10-14-18(17)23-20/h6-14H,4-5H2,1-3H3. The summed E-state index contributed by atoms with van der Waals surface area (Å²) < 4.78 is 0. The second-order valence-corrected chi connectivity index (χ2v) is 7.42. The average molecular weight is 322 g/mol. The minimum atomic E-state index is -0.272. The predicted molar refractivity (Wildman–Crippen MR) is 98.3 cm³/mol. The molecule has 2 atom stereocenters. The lowest BCUT2D eigenvalue weighted by atomic mass is 9.70. The molecule has 0 amide bonds. The molecule has 2 aromatic rings. The van der Waals surface area contributed by atoms with Gasteiger partial charge < -0.3 is 0 Å². The molecule has 2 heterocycles. The van der Waals surface area contributed by atoms with Crippen molar-refractivity contribution in [3.05, 3.63) is 65.7 Å². The van der Waals surface area contributed by atoms with Gasteiger partial charge in [-0.25, -0.2) is 0 Å². The summed E-state index contributed by atoms with van der Waals surface area (Å²) in [5.41, 5.74) is 3.63. The van der Waals surface area contributed by atoms with Gasteiger partial charge in [0.15, 0.2) is 0 Å². The highest BCUT2D eigenvalue weighted by atomic mass is 32.2. The molecule has 2 unspecified atom stereocenters. The minimum Gasteiger partial charge on any atom is -0.282 e. The van der Waals surface area contributed by atoms with E-state index in [1.165, 1.54) is 21.7 Å². The third-order valence-electron chi connectivity index (χ3n) is 5.25. The Balaban J connectivity index is 2.02.